The number of nitrogens with two attached hydrogens (primary N) is 3. The van der Waals surface area contributed by atoms with Crippen LogP contribution in [-0.4, -0.2) is 24.7 Å². The number of benzene rings is 1. The number of aromatic nitrogens is 5. The van der Waals surface area contributed by atoms with Gasteiger partial charge in [0.25, 0.3) is 0 Å². The molecule has 0 aliphatic carbocycles. The summed E-state index contributed by atoms with van der Waals surface area (Å²) in [5.41, 5.74) is 19.4. The maximum absolute atomic E-state index is 13.8. The summed E-state index contributed by atoms with van der Waals surface area (Å²) >= 11 is 0. The molecule has 0 amide bonds. The fraction of sp³-hybridized carbons (Fsp3) is 0.0588. The average molecular weight is 350 g/mol. The van der Waals surface area contributed by atoms with Crippen LogP contribution in [-0.2, 0) is 6.54 Å². The second-order valence-electron chi connectivity index (χ2n) is 5.76. The lowest BCUT2D eigenvalue weighted by Crippen LogP contribution is -2.07. The third-order valence-corrected chi connectivity index (χ3v) is 3.99. The first kappa shape index (κ1) is 15.8. The van der Waals surface area contributed by atoms with Gasteiger partial charge in [-0.15, -0.1) is 0 Å². The van der Waals surface area contributed by atoms with Crippen LogP contribution in [0.4, 0.5) is 21.7 Å². The monoisotopic (exact) mass is 350 g/mol. The van der Waals surface area contributed by atoms with Gasteiger partial charge in [0.15, 0.2) is 17.5 Å². The minimum Gasteiger partial charge on any atom is -0.393 e. The van der Waals surface area contributed by atoms with Crippen LogP contribution in [0, 0.1) is 5.82 Å². The van der Waals surface area contributed by atoms with Crippen molar-refractivity contribution < 1.29 is 4.39 Å². The first-order valence-electron chi connectivity index (χ1n) is 7.76. The highest BCUT2D eigenvalue weighted by Crippen LogP contribution is 2.29. The molecule has 0 unspecified atom stereocenters. The Bertz CT molecular complexity index is 1080. The number of rotatable bonds is 3. The third-order valence-electron chi connectivity index (χ3n) is 3.99. The van der Waals surface area contributed by atoms with E-state index in [1.807, 2.05) is 12.1 Å². The summed E-state index contributed by atoms with van der Waals surface area (Å²) in [4.78, 5) is 12.4. The minimum atomic E-state index is -0.367. The molecule has 0 saturated carbocycles. The van der Waals surface area contributed by atoms with E-state index in [1.54, 1.807) is 23.1 Å². The molecular weight excluding hydrogens is 335 g/mol. The molecule has 0 aliphatic rings. The molecule has 4 rings (SSSR count). The number of nitrogens with zero attached hydrogens (tertiary/aromatic N) is 5. The Morgan fingerprint density at radius 3 is 2.50 bits per heavy atom. The molecule has 0 aliphatic heterocycles. The van der Waals surface area contributed by atoms with E-state index in [4.69, 9.17) is 17.2 Å². The molecule has 6 N–H and O–H groups in total. The molecule has 130 valence electrons. The van der Waals surface area contributed by atoms with Crippen LogP contribution in [0.2, 0.25) is 0 Å². The first-order chi connectivity index (χ1) is 12.5. The highest BCUT2D eigenvalue weighted by Gasteiger charge is 2.18. The van der Waals surface area contributed by atoms with Crippen LogP contribution in [0.25, 0.3) is 22.4 Å². The summed E-state index contributed by atoms with van der Waals surface area (Å²) < 4.78 is 15.5. The molecule has 0 saturated heterocycles. The highest BCUT2D eigenvalue weighted by molar-refractivity contribution is 5.92. The minimum absolute atomic E-state index is 0.0737. The Morgan fingerprint density at radius 1 is 1.04 bits per heavy atom. The number of fused-ring (bicyclic) bond motifs is 1. The lowest BCUT2D eigenvalue weighted by atomic mass is 10.2. The zero-order valence-electron chi connectivity index (χ0n) is 13.6. The Morgan fingerprint density at radius 2 is 1.81 bits per heavy atom. The van der Waals surface area contributed by atoms with E-state index in [9.17, 15) is 4.39 Å². The van der Waals surface area contributed by atoms with E-state index >= 15 is 0 Å². The van der Waals surface area contributed by atoms with Gasteiger partial charge < -0.3 is 17.2 Å². The number of anilines is 3. The lowest BCUT2D eigenvalue weighted by molar-refractivity contribution is 0.626. The predicted molar refractivity (Wildman–Crippen MR) is 97.3 cm³/mol. The van der Waals surface area contributed by atoms with Gasteiger partial charge in [-0.2, -0.15) is 5.10 Å². The number of nitrogen functional groups attached to an aromatic ring is 3. The normalized spacial score (nSPS) is 11.1. The Labute approximate surface area is 147 Å². The molecule has 8 nitrogen and oxygen atoms in total. The molecule has 0 bridgehead atoms. The van der Waals surface area contributed by atoms with Gasteiger partial charge in [-0.05, 0) is 29.8 Å². The van der Waals surface area contributed by atoms with Gasteiger partial charge >= 0.3 is 0 Å². The van der Waals surface area contributed by atoms with E-state index in [1.165, 1.54) is 12.1 Å². The van der Waals surface area contributed by atoms with Crippen LogP contribution >= 0.6 is 0 Å². The van der Waals surface area contributed by atoms with Crippen molar-refractivity contribution in [3.8, 4) is 11.5 Å². The number of pyridine rings is 1. The van der Waals surface area contributed by atoms with Crippen molar-refractivity contribution in [2.75, 3.05) is 17.2 Å². The van der Waals surface area contributed by atoms with Gasteiger partial charge in [0.1, 0.15) is 17.2 Å². The Kier molecular flexibility index (Phi) is 3.61. The summed E-state index contributed by atoms with van der Waals surface area (Å²) in [5.74, 6) is 0.0125. The molecule has 0 atom stereocenters. The van der Waals surface area contributed by atoms with E-state index in [-0.39, 0.29) is 29.0 Å². The smallest absolute Gasteiger partial charge is 0.184 e. The summed E-state index contributed by atoms with van der Waals surface area (Å²) in [6.07, 6.45) is 3.41. The van der Waals surface area contributed by atoms with Crippen molar-refractivity contribution in [2.24, 2.45) is 0 Å². The van der Waals surface area contributed by atoms with Gasteiger partial charge in [-0.1, -0.05) is 6.07 Å². The summed E-state index contributed by atoms with van der Waals surface area (Å²) in [6.45, 7) is 0.410. The second kappa shape index (κ2) is 5.96. The number of hydrogen-bond acceptors (Lipinski definition) is 7. The molecule has 0 spiro atoms. The van der Waals surface area contributed by atoms with Gasteiger partial charge in [-0.25, -0.2) is 14.4 Å². The number of hydrogen-bond donors (Lipinski definition) is 3. The van der Waals surface area contributed by atoms with E-state index in [0.717, 1.165) is 5.56 Å². The average Bonchev–Trinajstić information content (AvgIpc) is 2.98. The highest BCUT2D eigenvalue weighted by atomic mass is 19.1. The molecule has 4 aromatic rings. The van der Waals surface area contributed by atoms with Gasteiger partial charge in [0.05, 0.1) is 12.1 Å². The largest absolute Gasteiger partial charge is 0.393 e. The Hall–Kier alpha value is -3.75. The lowest BCUT2D eigenvalue weighted by Gasteiger charge is -2.05. The topological polar surface area (TPSA) is 135 Å². The van der Waals surface area contributed by atoms with Crippen molar-refractivity contribution in [1.82, 2.24) is 24.7 Å². The SMILES string of the molecule is Nc1nc(-c2nn(Cc3cccnc3)c3cc(F)ccc23)nc(N)c1N. The van der Waals surface area contributed by atoms with Gasteiger partial charge in [0, 0.05) is 17.8 Å². The standard InChI is InChI=1S/C17H15FN8/c18-10-3-4-11-12(6-10)26(8-9-2-1-5-22-7-9)25-14(11)17-23-15(20)13(19)16(21)24-17/h1-7H,8,19H2,(H4,20,21,23,24). The molecule has 9 heteroatoms. The van der Waals surface area contributed by atoms with Crippen molar-refractivity contribution >= 4 is 28.2 Å². The van der Waals surface area contributed by atoms with Gasteiger partial charge in [-0.3, -0.25) is 9.67 Å². The van der Waals surface area contributed by atoms with E-state index in [0.29, 0.717) is 23.1 Å². The predicted octanol–water partition coefficient (Wildman–Crippen LogP) is 1.82. The molecule has 3 heterocycles. The molecule has 0 radical (unpaired) electrons. The van der Waals surface area contributed by atoms with Crippen LogP contribution in [0.15, 0.2) is 42.7 Å². The number of halogens is 1. The molecule has 3 aromatic heterocycles. The molecule has 0 fully saturated rings. The zero-order valence-corrected chi connectivity index (χ0v) is 13.6. The molecular formula is C17H15FN8. The maximum Gasteiger partial charge on any atom is 0.184 e. The van der Waals surface area contributed by atoms with Crippen LogP contribution in [0.3, 0.4) is 0 Å². The second-order valence-corrected chi connectivity index (χ2v) is 5.76. The third kappa shape index (κ3) is 2.65. The quantitative estimate of drug-likeness (QED) is 0.513. The van der Waals surface area contributed by atoms with Crippen LogP contribution < -0.4 is 17.2 Å². The van der Waals surface area contributed by atoms with Crippen molar-refractivity contribution in [1.29, 1.82) is 0 Å². The van der Waals surface area contributed by atoms with Crippen molar-refractivity contribution in [3.63, 3.8) is 0 Å². The first-order valence-corrected chi connectivity index (χ1v) is 7.76. The van der Waals surface area contributed by atoms with E-state index < -0.39 is 0 Å². The molecule has 26 heavy (non-hydrogen) atoms. The van der Waals surface area contributed by atoms with Crippen molar-refractivity contribution in [2.45, 2.75) is 6.54 Å². The van der Waals surface area contributed by atoms with Gasteiger partial charge in [0.2, 0.25) is 0 Å². The zero-order chi connectivity index (χ0) is 18.3. The van der Waals surface area contributed by atoms with Crippen LogP contribution in [0.1, 0.15) is 5.56 Å². The summed E-state index contributed by atoms with van der Waals surface area (Å²) in [5, 5.41) is 5.23. The summed E-state index contributed by atoms with van der Waals surface area (Å²) in [6, 6.07) is 8.12. The fourth-order valence-corrected chi connectivity index (χ4v) is 2.71. The van der Waals surface area contributed by atoms with Crippen LogP contribution in [0.5, 0.6) is 0 Å². The summed E-state index contributed by atoms with van der Waals surface area (Å²) in [7, 11) is 0. The van der Waals surface area contributed by atoms with E-state index in [2.05, 4.69) is 20.1 Å². The Balaban J connectivity index is 1.91. The molecule has 1 aromatic carbocycles. The van der Waals surface area contributed by atoms with Crippen molar-refractivity contribution in [3.05, 3.63) is 54.1 Å². The maximum atomic E-state index is 13.8. The fourth-order valence-electron chi connectivity index (χ4n) is 2.71.